The molecule has 1 aliphatic heterocycles. The van der Waals surface area contributed by atoms with Gasteiger partial charge in [-0.05, 0) is 30.3 Å². The lowest BCUT2D eigenvalue weighted by molar-refractivity contribution is 0.122. The van der Waals surface area contributed by atoms with E-state index in [9.17, 15) is 4.39 Å². The highest BCUT2D eigenvalue weighted by Crippen LogP contribution is 2.30. The van der Waals surface area contributed by atoms with Crippen LogP contribution in [-0.4, -0.2) is 46.2 Å². The van der Waals surface area contributed by atoms with Gasteiger partial charge in [0.25, 0.3) is 0 Å². The zero-order chi connectivity index (χ0) is 20.3. The van der Waals surface area contributed by atoms with Gasteiger partial charge in [0, 0.05) is 24.9 Å². The van der Waals surface area contributed by atoms with Crippen molar-refractivity contribution in [3.05, 3.63) is 60.2 Å². The third-order valence-electron chi connectivity index (χ3n) is 4.65. The van der Waals surface area contributed by atoms with Gasteiger partial charge in [-0.2, -0.15) is 0 Å². The Morgan fingerprint density at radius 1 is 1.03 bits per heavy atom. The first-order valence-corrected chi connectivity index (χ1v) is 10.4. The minimum absolute atomic E-state index is 0.315. The highest BCUT2D eigenvalue weighted by Gasteiger charge is 2.22. The summed E-state index contributed by atoms with van der Waals surface area (Å²) < 4.78 is 31.9. The molecule has 1 aliphatic rings. The third kappa shape index (κ3) is 3.83. The number of furan rings is 1. The molecule has 0 spiro atoms. The molecule has 8 nitrogen and oxygen atoms in total. The van der Waals surface area contributed by atoms with E-state index < -0.39 is 0 Å². The normalized spacial score (nSPS) is 14.4. The van der Waals surface area contributed by atoms with Crippen LogP contribution in [-0.2, 0) is 10.5 Å². The van der Waals surface area contributed by atoms with E-state index in [2.05, 4.69) is 20.3 Å². The number of aromatic nitrogens is 4. The predicted molar refractivity (Wildman–Crippen MR) is 108 cm³/mol. The number of benzene rings is 1. The van der Waals surface area contributed by atoms with E-state index in [1.54, 1.807) is 18.4 Å². The first-order valence-electron chi connectivity index (χ1n) is 9.44. The van der Waals surface area contributed by atoms with Crippen LogP contribution in [0.5, 0.6) is 0 Å². The van der Waals surface area contributed by atoms with Crippen molar-refractivity contribution in [2.45, 2.75) is 10.9 Å². The Balaban J connectivity index is 1.42. The van der Waals surface area contributed by atoms with Gasteiger partial charge in [-0.3, -0.25) is 4.57 Å². The summed E-state index contributed by atoms with van der Waals surface area (Å²) in [6, 6.07) is 11.8. The van der Waals surface area contributed by atoms with Crippen LogP contribution in [0.1, 0.15) is 5.69 Å². The van der Waals surface area contributed by atoms with Gasteiger partial charge < -0.3 is 18.6 Å². The number of hydrogen-bond donors (Lipinski definition) is 0. The molecule has 1 aromatic carbocycles. The summed E-state index contributed by atoms with van der Waals surface area (Å²) in [6.45, 7) is 2.64. The lowest BCUT2D eigenvalue weighted by Crippen LogP contribution is -2.37. The average molecular weight is 427 g/mol. The zero-order valence-electron chi connectivity index (χ0n) is 15.9. The van der Waals surface area contributed by atoms with Crippen molar-refractivity contribution < 1.29 is 18.1 Å². The molecule has 1 fully saturated rings. The van der Waals surface area contributed by atoms with E-state index in [-0.39, 0.29) is 5.82 Å². The van der Waals surface area contributed by atoms with Gasteiger partial charge in [0.2, 0.25) is 11.7 Å². The summed E-state index contributed by atoms with van der Waals surface area (Å²) in [4.78, 5) is 2.09. The molecule has 4 aromatic rings. The van der Waals surface area contributed by atoms with Crippen LogP contribution in [0.3, 0.4) is 0 Å². The first kappa shape index (κ1) is 18.9. The summed E-state index contributed by atoms with van der Waals surface area (Å²) in [7, 11) is 0. The molecule has 0 radical (unpaired) electrons. The molecule has 0 saturated carbocycles. The summed E-state index contributed by atoms with van der Waals surface area (Å²) in [5, 5.41) is 13.5. The van der Waals surface area contributed by atoms with Gasteiger partial charge in [-0.25, -0.2) is 4.39 Å². The van der Waals surface area contributed by atoms with Crippen molar-refractivity contribution in [2.24, 2.45) is 0 Å². The fourth-order valence-electron chi connectivity index (χ4n) is 3.22. The van der Waals surface area contributed by atoms with Crippen LogP contribution in [0.25, 0.3) is 17.2 Å². The Hall–Kier alpha value is -3.11. The summed E-state index contributed by atoms with van der Waals surface area (Å²) in [6.07, 6.45) is 1.58. The highest BCUT2D eigenvalue weighted by atomic mass is 32.2. The second-order valence-corrected chi connectivity index (χ2v) is 7.59. The van der Waals surface area contributed by atoms with Crippen molar-refractivity contribution >= 4 is 17.7 Å². The van der Waals surface area contributed by atoms with Crippen LogP contribution in [0.15, 0.2) is 62.8 Å². The number of ether oxygens (including phenoxy) is 1. The summed E-state index contributed by atoms with van der Waals surface area (Å²) >= 11 is 1.45. The Labute approximate surface area is 175 Å². The SMILES string of the molecule is Fc1cccc(-n2c(SCc3cc(-c4ccco4)on3)nnc2N2CCOCC2)c1. The number of nitrogens with zero attached hydrogens (tertiary/aromatic N) is 5. The molecule has 0 unspecified atom stereocenters. The minimum atomic E-state index is -0.315. The molecule has 0 atom stereocenters. The molecule has 1 saturated heterocycles. The Bertz CT molecular complexity index is 1120. The Morgan fingerprint density at radius 3 is 2.73 bits per heavy atom. The molecule has 0 bridgehead atoms. The number of halogens is 1. The van der Waals surface area contributed by atoms with Crippen LogP contribution >= 0.6 is 11.8 Å². The summed E-state index contributed by atoms with van der Waals surface area (Å²) in [5.74, 6) is 2.06. The van der Waals surface area contributed by atoms with Crippen LogP contribution in [0.4, 0.5) is 10.3 Å². The number of anilines is 1. The zero-order valence-corrected chi connectivity index (χ0v) is 16.7. The smallest absolute Gasteiger partial charge is 0.232 e. The van der Waals surface area contributed by atoms with E-state index in [1.807, 2.05) is 22.8 Å². The second-order valence-electron chi connectivity index (χ2n) is 6.65. The molecule has 0 N–H and O–H groups in total. The fraction of sp³-hybridized carbons (Fsp3) is 0.250. The standard InChI is InChI=1S/C20H18FN5O3S/c21-14-3-1-4-16(11-14)26-19(25-6-9-27-10-7-25)22-23-20(26)30-13-15-12-18(29-24-15)17-5-2-8-28-17/h1-5,8,11-12H,6-7,9-10,13H2. The number of thioether (sulfide) groups is 1. The molecule has 0 aliphatic carbocycles. The van der Waals surface area contributed by atoms with E-state index in [0.29, 0.717) is 60.4 Å². The monoisotopic (exact) mass is 427 g/mol. The molecule has 30 heavy (non-hydrogen) atoms. The highest BCUT2D eigenvalue weighted by molar-refractivity contribution is 7.98. The van der Waals surface area contributed by atoms with Gasteiger partial charge in [0.1, 0.15) is 5.82 Å². The van der Waals surface area contributed by atoms with Crippen LogP contribution < -0.4 is 4.90 Å². The number of rotatable bonds is 6. The van der Waals surface area contributed by atoms with E-state index in [0.717, 1.165) is 5.69 Å². The van der Waals surface area contributed by atoms with Gasteiger partial charge in [-0.15, -0.1) is 10.2 Å². The lowest BCUT2D eigenvalue weighted by atomic mass is 10.3. The molecule has 4 heterocycles. The third-order valence-corrected chi connectivity index (χ3v) is 5.61. The maximum Gasteiger partial charge on any atom is 0.232 e. The second kappa shape index (κ2) is 8.33. The Kier molecular flexibility index (Phi) is 5.24. The largest absolute Gasteiger partial charge is 0.461 e. The van der Waals surface area contributed by atoms with Crippen molar-refractivity contribution in [1.29, 1.82) is 0 Å². The van der Waals surface area contributed by atoms with Crippen molar-refractivity contribution in [2.75, 3.05) is 31.2 Å². The molecular weight excluding hydrogens is 409 g/mol. The topological polar surface area (TPSA) is 82.3 Å². The van der Waals surface area contributed by atoms with Gasteiger partial charge in [0.05, 0.1) is 30.9 Å². The summed E-state index contributed by atoms with van der Waals surface area (Å²) in [5.41, 5.74) is 1.41. The maximum atomic E-state index is 13.9. The van der Waals surface area contributed by atoms with E-state index >= 15 is 0 Å². The van der Waals surface area contributed by atoms with Crippen molar-refractivity contribution in [3.8, 4) is 17.2 Å². The predicted octanol–water partition coefficient (Wildman–Crippen LogP) is 3.78. The van der Waals surface area contributed by atoms with Crippen LogP contribution in [0, 0.1) is 5.82 Å². The van der Waals surface area contributed by atoms with Crippen molar-refractivity contribution in [3.63, 3.8) is 0 Å². The first-order chi connectivity index (χ1) is 14.8. The average Bonchev–Trinajstić information content (AvgIpc) is 3.53. The molecule has 0 amide bonds. The quantitative estimate of drug-likeness (QED) is 0.430. The van der Waals surface area contributed by atoms with Gasteiger partial charge in [-0.1, -0.05) is 23.0 Å². The van der Waals surface area contributed by atoms with E-state index in [1.165, 1.54) is 23.9 Å². The van der Waals surface area contributed by atoms with Gasteiger partial charge >= 0.3 is 0 Å². The molecular formula is C20H18FN5O3S. The van der Waals surface area contributed by atoms with Gasteiger partial charge in [0.15, 0.2) is 10.9 Å². The molecule has 3 aromatic heterocycles. The lowest BCUT2D eigenvalue weighted by Gasteiger charge is -2.27. The Morgan fingerprint density at radius 2 is 1.93 bits per heavy atom. The molecule has 154 valence electrons. The molecule has 10 heteroatoms. The van der Waals surface area contributed by atoms with Crippen molar-refractivity contribution in [1.82, 2.24) is 19.9 Å². The maximum absolute atomic E-state index is 13.9. The fourth-order valence-corrected chi connectivity index (χ4v) is 4.05. The molecule has 5 rings (SSSR count). The van der Waals surface area contributed by atoms with E-state index in [4.69, 9.17) is 13.7 Å². The number of morpholine rings is 1. The van der Waals surface area contributed by atoms with Crippen LogP contribution in [0.2, 0.25) is 0 Å². The minimum Gasteiger partial charge on any atom is -0.461 e. The number of hydrogen-bond acceptors (Lipinski definition) is 8.